The fraction of sp³-hybridized carbons (Fsp3) is 0.312. The second kappa shape index (κ2) is 7.34. The Labute approximate surface area is 108 Å². The lowest BCUT2D eigenvalue weighted by atomic mass is 10.0. The van der Waals surface area contributed by atoms with Gasteiger partial charge >= 0.3 is 5.97 Å². The Morgan fingerprint density at radius 3 is 2.50 bits per heavy atom. The van der Waals surface area contributed by atoms with Crippen LogP contribution in [0.15, 0.2) is 41.5 Å². The van der Waals surface area contributed by atoms with Gasteiger partial charge in [-0.05, 0) is 31.9 Å². The Morgan fingerprint density at radius 1 is 1.28 bits per heavy atom. The van der Waals surface area contributed by atoms with E-state index in [1.54, 1.807) is 6.92 Å². The van der Waals surface area contributed by atoms with Crippen molar-refractivity contribution in [3.8, 4) is 11.8 Å². The minimum Gasteiger partial charge on any atom is -0.478 e. The quantitative estimate of drug-likeness (QED) is 0.646. The molecule has 2 heteroatoms. The van der Waals surface area contributed by atoms with E-state index < -0.39 is 5.97 Å². The number of hydrogen-bond donors (Lipinski definition) is 1. The molecule has 0 fully saturated rings. The van der Waals surface area contributed by atoms with Crippen molar-refractivity contribution in [2.45, 2.75) is 33.1 Å². The Morgan fingerprint density at radius 2 is 1.94 bits per heavy atom. The molecule has 2 nitrogen and oxygen atoms in total. The standard InChI is InChI=1S/C16H18O2/c1-3-4-10-15(13(2)16(17)18)12-11-14-8-6-5-7-9-14/h5-9H,3-4,10H2,1-2H3,(H,17,18)/b15-13-. The van der Waals surface area contributed by atoms with E-state index in [0.717, 1.165) is 30.4 Å². The number of allylic oxidation sites excluding steroid dienone is 1. The molecule has 0 aliphatic heterocycles. The number of carboxylic acids is 1. The first-order valence-corrected chi connectivity index (χ1v) is 6.15. The van der Waals surface area contributed by atoms with Gasteiger partial charge in [0.25, 0.3) is 0 Å². The van der Waals surface area contributed by atoms with E-state index in [0.29, 0.717) is 5.57 Å². The normalized spacial score (nSPS) is 11.2. The van der Waals surface area contributed by atoms with Crippen molar-refractivity contribution in [1.29, 1.82) is 0 Å². The fourth-order valence-corrected chi connectivity index (χ4v) is 1.50. The maximum atomic E-state index is 11.0. The molecule has 1 aromatic rings. The smallest absolute Gasteiger partial charge is 0.332 e. The van der Waals surface area contributed by atoms with Crippen LogP contribution < -0.4 is 0 Å². The molecule has 18 heavy (non-hydrogen) atoms. The van der Waals surface area contributed by atoms with E-state index in [4.69, 9.17) is 5.11 Å². The summed E-state index contributed by atoms with van der Waals surface area (Å²) in [5.74, 6) is 5.13. The summed E-state index contributed by atoms with van der Waals surface area (Å²) in [6, 6.07) is 9.61. The molecule has 0 aliphatic rings. The molecular weight excluding hydrogens is 224 g/mol. The summed E-state index contributed by atoms with van der Waals surface area (Å²) >= 11 is 0. The number of carbonyl (C=O) groups is 1. The van der Waals surface area contributed by atoms with E-state index in [1.165, 1.54) is 0 Å². The number of hydrogen-bond acceptors (Lipinski definition) is 1. The average Bonchev–Trinajstić information content (AvgIpc) is 2.39. The zero-order chi connectivity index (χ0) is 13.4. The lowest BCUT2D eigenvalue weighted by Gasteiger charge is -2.01. The van der Waals surface area contributed by atoms with E-state index >= 15 is 0 Å². The van der Waals surface area contributed by atoms with Crippen molar-refractivity contribution >= 4 is 5.97 Å². The van der Waals surface area contributed by atoms with E-state index in [1.807, 2.05) is 30.3 Å². The van der Waals surface area contributed by atoms with Gasteiger partial charge in [-0.1, -0.05) is 43.4 Å². The third-order valence-corrected chi connectivity index (χ3v) is 2.69. The first kappa shape index (κ1) is 14.1. The van der Waals surface area contributed by atoms with Gasteiger partial charge in [0, 0.05) is 16.7 Å². The van der Waals surface area contributed by atoms with Gasteiger partial charge in [-0.3, -0.25) is 0 Å². The zero-order valence-corrected chi connectivity index (χ0v) is 10.9. The second-order valence-corrected chi connectivity index (χ2v) is 4.13. The van der Waals surface area contributed by atoms with Gasteiger partial charge in [0.05, 0.1) is 0 Å². The van der Waals surface area contributed by atoms with Gasteiger partial charge < -0.3 is 5.11 Å². The second-order valence-electron chi connectivity index (χ2n) is 4.13. The van der Waals surface area contributed by atoms with Crippen molar-refractivity contribution in [2.24, 2.45) is 0 Å². The highest BCUT2D eigenvalue weighted by atomic mass is 16.4. The minimum absolute atomic E-state index is 0.354. The van der Waals surface area contributed by atoms with Crippen LogP contribution in [-0.2, 0) is 4.79 Å². The predicted octanol–water partition coefficient (Wildman–Crippen LogP) is 3.63. The fourth-order valence-electron chi connectivity index (χ4n) is 1.50. The molecule has 0 heterocycles. The first-order chi connectivity index (χ1) is 8.65. The molecule has 1 aromatic carbocycles. The molecule has 0 saturated carbocycles. The molecule has 0 aromatic heterocycles. The van der Waals surface area contributed by atoms with Gasteiger partial charge in [0.15, 0.2) is 0 Å². The zero-order valence-electron chi connectivity index (χ0n) is 10.9. The van der Waals surface area contributed by atoms with Gasteiger partial charge in [-0.25, -0.2) is 4.79 Å². The van der Waals surface area contributed by atoms with Crippen LogP contribution in [0.1, 0.15) is 38.7 Å². The number of carboxylic acid groups (broad SMARTS) is 1. The molecular formula is C16H18O2. The van der Waals surface area contributed by atoms with Crippen LogP contribution in [-0.4, -0.2) is 11.1 Å². The van der Waals surface area contributed by atoms with E-state index in [-0.39, 0.29) is 0 Å². The minimum atomic E-state index is -0.886. The summed E-state index contributed by atoms with van der Waals surface area (Å²) < 4.78 is 0. The van der Waals surface area contributed by atoms with Crippen molar-refractivity contribution in [3.63, 3.8) is 0 Å². The lowest BCUT2D eigenvalue weighted by molar-refractivity contribution is -0.132. The first-order valence-electron chi connectivity index (χ1n) is 6.15. The summed E-state index contributed by atoms with van der Waals surface area (Å²) in [5, 5.41) is 9.02. The molecule has 0 spiro atoms. The van der Waals surface area contributed by atoms with Gasteiger partial charge in [-0.15, -0.1) is 0 Å². The van der Waals surface area contributed by atoms with E-state index in [9.17, 15) is 4.79 Å². The third-order valence-electron chi connectivity index (χ3n) is 2.69. The molecule has 0 atom stereocenters. The van der Waals surface area contributed by atoms with Crippen molar-refractivity contribution < 1.29 is 9.90 Å². The predicted molar refractivity (Wildman–Crippen MR) is 73.2 cm³/mol. The van der Waals surface area contributed by atoms with Gasteiger partial charge in [0.1, 0.15) is 0 Å². The molecule has 0 aliphatic carbocycles. The topological polar surface area (TPSA) is 37.3 Å². The molecule has 94 valence electrons. The van der Waals surface area contributed by atoms with E-state index in [2.05, 4.69) is 18.8 Å². The monoisotopic (exact) mass is 242 g/mol. The SMILES string of the molecule is CCCC/C(C#Cc1ccccc1)=C(\C)C(=O)O. The van der Waals surface area contributed by atoms with Gasteiger partial charge in [0.2, 0.25) is 0 Å². The summed E-state index contributed by atoms with van der Waals surface area (Å²) in [7, 11) is 0. The average molecular weight is 242 g/mol. The largest absolute Gasteiger partial charge is 0.478 e. The molecule has 0 radical (unpaired) electrons. The summed E-state index contributed by atoms with van der Waals surface area (Å²) in [5.41, 5.74) is 1.99. The maximum absolute atomic E-state index is 11.0. The Hall–Kier alpha value is -2.01. The van der Waals surface area contributed by atoms with Crippen molar-refractivity contribution in [1.82, 2.24) is 0 Å². The maximum Gasteiger partial charge on any atom is 0.332 e. The van der Waals surface area contributed by atoms with Crippen LogP contribution in [0, 0.1) is 11.8 Å². The summed E-state index contributed by atoms with van der Waals surface area (Å²) in [4.78, 5) is 11.0. The van der Waals surface area contributed by atoms with Crippen LogP contribution >= 0.6 is 0 Å². The number of benzene rings is 1. The van der Waals surface area contributed by atoms with Crippen LogP contribution in [0.2, 0.25) is 0 Å². The molecule has 1 N–H and O–H groups in total. The molecule has 0 unspecified atom stereocenters. The Balaban J connectivity index is 2.96. The van der Waals surface area contributed by atoms with Crippen LogP contribution in [0.3, 0.4) is 0 Å². The number of aliphatic carboxylic acids is 1. The van der Waals surface area contributed by atoms with Crippen molar-refractivity contribution in [3.05, 3.63) is 47.0 Å². The van der Waals surface area contributed by atoms with Crippen LogP contribution in [0.4, 0.5) is 0 Å². The highest BCUT2D eigenvalue weighted by Gasteiger charge is 2.06. The lowest BCUT2D eigenvalue weighted by Crippen LogP contribution is -2.00. The molecule has 0 saturated heterocycles. The number of rotatable bonds is 4. The highest BCUT2D eigenvalue weighted by molar-refractivity contribution is 5.87. The van der Waals surface area contributed by atoms with Crippen LogP contribution in [0.5, 0.6) is 0 Å². The molecule has 0 amide bonds. The summed E-state index contributed by atoms with van der Waals surface area (Å²) in [6.07, 6.45) is 2.72. The Kier molecular flexibility index (Phi) is 5.73. The third kappa shape index (κ3) is 4.47. The highest BCUT2D eigenvalue weighted by Crippen LogP contribution is 2.12. The van der Waals surface area contributed by atoms with Crippen molar-refractivity contribution in [2.75, 3.05) is 0 Å². The Bertz CT molecular complexity index is 487. The number of unbranched alkanes of at least 4 members (excludes halogenated alkanes) is 1. The summed E-state index contributed by atoms with van der Waals surface area (Å²) in [6.45, 7) is 3.70. The van der Waals surface area contributed by atoms with Gasteiger partial charge in [-0.2, -0.15) is 0 Å². The molecule has 0 bridgehead atoms. The van der Waals surface area contributed by atoms with Crippen LogP contribution in [0.25, 0.3) is 0 Å². The molecule has 1 rings (SSSR count).